The topological polar surface area (TPSA) is 82.2 Å². The summed E-state index contributed by atoms with van der Waals surface area (Å²) in [6.45, 7) is 1.68. The van der Waals surface area contributed by atoms with Crippen LogP contribution in [0.5, 0.6) is 5.75 Å². The quantitative estimate of drug-likeness (QED) is 0.689. The van der Waals surface area contributed by atoms with Crippen molar-refractivity contribution in [3.63, 3.8) is 0 Å². The molecule has 164 valence electrons. The van der Waals surface area contributed by atoms with Crippen molar-refractivity contribution in [2.45, 2.75) is 19.0 Å². The van der Waals surface area contributed by atoms with Gasteiger partial charge in [0.05, 0.1) is 7.11 Å². The number of hydrogen-bond acceptors (Lipinski definition) is 5. The van der Waals surface area contributed by atoms with Gasteiger partial charge in [-0.05, 0) is 42.3 Å². The molecule has 1 saturated heterocycles. The lowest BCUT2D eigenvalue weighted by atomic mass is 9.92. The van der Waals surface area contributed by atoms with E-state index in [1.165, 1.54) is 12.0 Å². The summed E-state index contributed by atoms with van der Waals surface area (Å²) in [5.74, 6) is -0.215. The van der Waals surface area contributed by atoms with Gasteiger partial charge in [-0.3, -0.25) is 14.5 Å². The Labute approximate surface area is 182 Å². The number of benzene rings is 2. The Bertz CT molecular complexity index is 989. The number of carbonyl (C=O) groups is 3. The molecule has 4 amide bonds. The van der Waals surface area contributed by atoms with Crippen LogP contribution in [0.15, 0.2) is 48.5 Å². The molecule has 2 aromatic rings. The molecule has 1 aliphatic rings. The first-order chi connectivity index (χ1) is 14.7. The van der Waals surface area contributed by atoms with Gasteiger partial charge in [-0.25, -0.2) is 4.79 Å². The van der Waals surface area contributed by atoms with Crippen molar-refractivity contribution in [2.75, 3.05) is 39.7 Å². The third kappa shape index (κ3) is 4.47. The molecule has 8 nitrogen and oxygen atoms in total. The maximum atomic E-state index is 13.1. The second-order valence-electron chi connectivity index (χ2n) is 7.99. The summed E-state index contributed by atoms with van der Waals surface area (Å²) in [5, 5.41) is 2.72. The Hall–Kier alpha value is -3.55. The standard InChI is InChI=1S/C23H28N4O4/c1-23(17-7-6-8-19(13-17)31-5)21(29)27(22(30)24-23)15-20(28)26(4)14-16-9-11-18(12-10-16)25(2)3/h6-13H,14-15H2,1-5H3,(H,24,30)/t23-/m1/s1. The molecule has 0 spiro atoms. The van der Waals surface area contributed by atoms with Gasteiger partial charge in [0.25, 0.3) is 5.91 Å². The summed E-state index contributed by atoms with van der Waals surface area (Å²) in [6.07, 6.45) is 0. The van der Waals surface area contributed by atoms with Crippen LogP contribution in [0.3, 0.4) is 0 Å². The zero-order valence-electron chi connectivity index (χ0n) is 18.5. The van der Waals surface area contributed by atoms with Crippen LogP contribution < -0.4 is 15.0 Å². The highest BCUT2D eigenvalue weighted by atomic mass is 16.5. The van der Waals surface area contributed by atoms with Gasteiger partial charge in [-0.1, -0.05) is 24.3 Å². The number of carbonyl (C=O) groups excluding carboxylic acids is 3. The van der Waals surface area contributed by atoms with Gasteiger partial charge >= 0.3 is 6.03 Å². The lowest BCUT2D eigenvalue weighted by molar-refractivity contribution is -0.138. The van der Waals surface area contributed by atoms with Crippen molar-refractivity contribution in [3.8, 4) is 5.75 Å². The third-order valence-corrected chi connectivity index (χ3v) is 5.51. The fourth-order valence-corrected chi connectivity index (χ4v) is 3.49. The van der Waals surface area contributed by atoms with Gasteiger partial charge in [0, 0.05) is 33.4 Å². The fraction of sp³-hybridized carbons (Fsp3) is 0.348. The van der Waals surface area contributed by atoms with Crippen molar-refractivity contribution in [3.05, 3.63) is 59.7 Å². The zero-order valence-corrected chi connectivity index (χ0v) is 18.5. The van der Waals surface area contributed by atoms with Crippen molar-refractivity contribution in [1.29, 1.82) is 0 Å². The number of nitrogens with one attached hydrogen (secondary N) is 1. The molecule has 1 heterocycles. The molecule has 2 aromatic carbocycles. The number of amides is 4. The minimum atomic E-state index is -1.26. The van der Waals surface area contributed by atoms with E-state index in [1.54, 1.807) is 38.2 Å². The fourth-order valence-electron chi connectivity index (χ4n) is 3.49. The summed E-state index contributed by atoms with van der Waals surface area (Å²) >= 11 is 0. The van der Waals surface area contributed by atoms with E-state index in [4.69, 9.17) is 4.74 Å². The molecular weight excluding hydrogens is 396 g/mol. The van der Waals surface area contributed by atoms with Crippen LogP contribution in [-0.4, -0.2) is 62.4 Å². The first-order valence-electron chi connectivity index (χ1n) is 9.94. The molecule has 0 aromatic heterocycles. The third-order valence-electron chi connectivity index (χ3n) is 5.51. The zero-order chi connectivity index (χ0) is 22.8. The highest BCUT2D eigenvalue weighted by molar-refractivity contribution is 6.09. The summed E-state index contributed by atoms with van der Waals surface area (Å²) in [6, 6.07) is 14.2. The molecule has 1 atom stereocenters. The van der Waals surface area contributed by atoms with Crippen LogP contribution in [0.4, 0.5) is 10.5 Å². The smallest absolute Gasteiger partial charge is 0.325 e. The van der Waals surface area contributed by atoms with Crippen LogP contribution in [0, 0.1) is 0 Å². The maximum absolute atomic E-state index is 13.1. The van der Waals surface area contributed by atoms with Gasteiger partial charge in [0.15, 0.2) is 0 Å². The molecule has 1 fully saturated rings. The van der Waals surface area contributed by atoms with Crippen LogP contribution in [0.25, 0.3) is 0 Å². The number of methoxy groups -OCH3 is 1. The molecule has 0 aliphatic carbocycles. The number of hydrogen-bond donors (Lipinski definition) is 1. The Balaban J connectivity index is 1.69. The predicted octanol–water partition coefficient (Wildman–Crippen LogP) is 2.19. The second kappa shape index (κ2) is 8.67. The lowest BCUT2D eigenvalue weighted by Gasteiger charge is -2.23. The van der Waals surface area contributed by atoms with Crippen molar-refractivity contribution in [1.82, 2.24) is 15.1 Å². The van der Waals surface area contributed by atoms with Crippen LogP contribution in [-0.2, 0) is 21.7 Å². The number of urea groups is 1. The molecule has 0 unspecified atom stereocenters. The van der Waals surface area contributed by atoms with E-state index < -0.39 is 17.5 Å². The number of rotatable bonds is 7. The lowest BCUT2D eigenvalue weighted by Crippen LogP contribution is -2.43. The van der Waals surface area contributed by atoms with Gasteiger partial charge in [0.2, 0.25) is 5.91 Å². The Morgan fingerprint density at radius 2 is 1.77 bits per heavy atom. The average Bonchev–Trinajstić information content (AvgIpc) is 2.98. The van der Waals surface area contributed by atoms with Crippen molar-refractivity contribution in [2.24, 2.45) is 0 Å². The first kappa shape index (κ1) is 22.1. The summed E-state index contributed by atoms with van der Waals surface area (Å²) < 4.78 is 5.22. The van der Waals surface area contributed by atoms with E-state index in [1.807, 2.05) is 43.3 Å². The molecule has 0 bridgehead atoms. The van der Waals surface area contributed by atoms with Gasteiger partial charge in [0.1, 0.15) is 17.8 Å². The van der Waals surface area contributed by atoms with E-state index in [2.05, 4.69) is 5.32 Å². The van der Waals surface area contributed by atoms with E-state index in [9.17, 15) is 14.4 Å². The van der Waals surface area contributed by atoms with Crippen LogP contribution in [0.1, 0.15) is 18.1 Å². The number of likely N-dealkylation sites (N-methyl/N-ethyl adjacent to an activating group) is 1. The monoisotopic (exact) mass is 424 g/mol. The van der Waals surface area contributed by atoms with Gasteiger partial charge in [-0.15, -0.1) is 0 Å². The number of imide groups is 1. The highest BCUT2D eigenvalue weighted by Gasteiger charge is 2.49. The van der Waals surface area contributed by atoms with E-state index in [-0.39, 0.29) is 12.5 Å². The summed E-state index contributed by atoms with van der Waals surface area (Å²) in [7, 11) is 7.11. The van der Waals surface area contributed by atoms with E-state index in [0.29, 0.717) is 17.9 Å². The number of ether oxygens (including phenoxy) is 1. The molecule has 0 saturated carbocycles. The highest BCUT2D eigenvalue weighted by Crippen LogP contribution is 2.30. The molecule has 3 rings (SSSR count). The Morgan fingerprint density at radius 1 is 1.10 bits per heavy atom. The van der Waals surface area contributed by atoms with E-state index >= 15 is 0 Å². The van der Waals surface area contributed by atoms with Crippen LogP contribution in [0.2, 0.25) is 0 Å². The minimum absolute atomic E-state index is 0.323. The maximum Gasteiger partial charge on any atom is 0.325 e. The second-order valence-corrected chi connectivity index (χ2v) is 7.99. The summed E-state index contributed by atoms with van der Waals surface area (Å²) in [5.41, 5.74) is 1.36. The summed E-state index contributed by atoms with van der Waals surface area (Å²) in [4.78, 5) is 42.8. The first-order valence-corrected chi connectivity index (χ1v) is 9.94. The SMILES string of the molecule is COc1cccc([C@@]2(C)NC(=O)N(CC(=O)N(C)Cc3ccc(N(C)C)cc3)C2=O)c1. The molecular formula is C23H28N4O4. The Kier molecular flexibility index (Phi) is 6.19. The predicted molar refractivity (Wildman–Crippen MR) is 118 cm³/mol. The minimum Gasteiger partial charge on any atom is -0.497 e. The molecule has 8 heteroatoms. The molecule has 1 aliphatic heterocycles. The average molecular weight is 425 g/mol. The molecule has 0 radical (unpaired) electrons. The van der Waals surface area contributed by atoms with Gasteiger partial charge in [-0.2, -0.15) is 0 Å². The van der Waals surface area contributed by atoms with Crippen LogP contribution >= 0.6 is 0 Å². The molecule has 1 N–H and O–H groups in total. The van der Waals surface area contributed by atoms with Gasteiger partial charge < -0.3 is 19.9 Å². The van der Waals surface area contributed by atoms with E-state index in [0.717, 1.165) is 16.2 Å². The normalized spacial score (nSPS) is 18.0. The van der Waals surface area contributed by atoms with Crippen molar-refractivity contribution >= 4 is 23.5 Å². The number of nitrogens with zero attached hydrogens (tertiary/aromatic N) is 3. The Morgan fingerprint density at radius 3 is 2.39 bits per heavy atom. The number of anilines is 1. The van der Waals surface area contributed by atoms with Crippen molar-refractivity contribution < 1.29 is 19.1 Å². The largest absolute Gasteiger partial charge is 0.497 e. The molecule has 31 heavy (non-hydrogen) atoms.